The number of phenolic OH excluding ortho intramolecular Hbond substituents is 6. The molecule has 0 spiro atoms. The molecule has 12 N–H and O–H groups in total. The fourth-order valence-corrected chi connectivity index (χ4v) is 4.92. The third kappa shape index (κ3) is 7.17. The number of hydrogen-bond acceptors (Lipinski definition) is 17. The van der Waals surface area contributed by atoms with Crippen LogP contribution in [-0.4, -0.2) is 129 Å². The Kier molecular flexibility index (Phi) is 10.2. The second-order valence-corrected chi connectivity index (χ2v) is 10.6. The van der Waals surface area contributed by atoms with Crippen molar-refractivity contribution >= 4 is 5.97 Å². The van der Waals surface area contributed by atoms with Crippen molar-refractivity contribution in [3.63, 3.8) is 0 Å². The number of aliphatic hydroxyl groups is 6. The highest BCUT2D eigenvalue weighted by molar-refractivity contribution is 5.91. The number of carbonyl (C=O) groups is 1. The number of hydrogen-bond donors (Lipinski definition) is 12. The molecule has 1 saturated heterocycles. The summed E-state index contributed by atoms with van der Waals surface area (Å²) >= 11 is 0. The number of ether oxygens (including phenoxy) is 4. The van der Waals surface area contributed by atoms with E-state index >= 15 is 0 Å². The van der Waals surface area contributed by atoms with Crippen molar-refractivity contribution in [3.8, 4) is 34.5 Å². The van der Waals surface area contributed by atoms with Gasteiger partial charge in [-0.2, -0.15) is 0 Å². The number of aromatic hydroxyl groups is 6. The first-order chi connectivity index (χ1) is 20.7. The normalized spacial score (nSPS) is 30.4. The van der Waals surface area contributed by atoms with Gasteiger partial charge in [0.1, 0.15) is 37.1 Å². The van der Waals surface area contributed by atoms with E-state index in [-0.39, 0.29) is 24.0 Å². The summed E-state index contributed by atoms with van der Waals surface area (Å²) in [4.78, 5) is 12.3. The Bertz CT molecular complexity index is 1260. The average molecular weight is 631 g/mol. The summed E-state index contributed by atoms with van der Waals surface area (Å²) in [6.45, 7) is -1.07. The molecule has 1 saturated carbocycles. The molecule has 17 heteroatoms. The van der Waals surface area contributed by atoms with Gasteiger partial charge in [0.15, 0.2) is 47.1 Å². The van der Waals surface area contributed by atoms with E-state index in [0.717, 1.165) is 24.3 Å². The molecule has 1 aliphatic carbocycles. The molecule has 0 aromatic heterocycles. The van der Waals surface area contributed by atoms with Crippen molar-refractivity contribution in [2.75, 3.05) is 13.2 Å². The van der Waals surface area contributed by atoms with E-state index in [0.29, 0.717) is 0 Å². The molecule has 1 aliphatic heterocycles. The number of rotatable bonds is 9. The molecule has 2 aromatic carbocycles. The van der Waals surface area contributed by atoms with Crippen LogP contribution < -0.4 is 0 Å². The minimum atomic E-state index is -1.77. The van der Waals surface area contributed by atoms with Crippen LogP contribution >= 0.6 is 0 Å². The number of esters is 1. The molecule has 44 heavy (non-hydrogen) atoms. The van der Waals surface area contributed by atoms with Crippen LogP contribution in [-0.2, 0) is 18.9 Å². The number of aliphatic hydroxyl groups excluding tert-OH is 6. The smallest absolute Gasteiger partial charge is 0.338 e. The Morgan fingerprint density at radius 2 is 1.32 bits per heavy atom. The average Bonchev–Trinajstić information content (AvgIpc) is 2.97. The lowest BCUT2D eigenvalue weighted by Gasteiger charge is -2.40. The fourth-order valence-electron chi connectivity index (χ4n) is 4.92. The number of carbonyl (C=O) groups excluding carboxylic acids is 1. The highest BCUT2D eigenvalue weighted by Gasteiger charge is 2.43. The van der Waals surface area contributed by atoms with Crippen LogP contribution in [0.1, 0.15) is 35.1 Å². The molecular weight excluding hydrogens is 596 g/mol. The van der Waals surface area contributed by atoms with Gasteiger partial charge in [0.05, 0.1) is 24.4 Å². The molecule has 0 radical (unpaired) electrons. The number of phenols is 6. The van der Waals surface area contributed by atoms with Crippen LogP contribution in [0.2, 0.25) is 0 Å². The lowest BCUT2D eigenvalue weighted by atomic mass is 9.83. The summed E-state index contributed by atoms with van der Waals surface area (Å²) in [5.41, 5.74) is -0.511. The van der Waals surface area contributed by atoms with Gasteiger partial charge in [0.25, 0.3) is 0 Å². The first-order valence-corrected chi connectivity index (χ1v) is 13.4. The predicted octanol–water partition coefficient (Wildman–Crippen LogP) is -1.89. The first-order valence-electron chi connectivity index (χ1n) is 13.4. The Morgan fingerprint density at radius 1 is 0.795 bits per heavy atom. The highest BCUT2D eigenvalue weighted by Crippen LogP contribution is 2.40. The van der Waals surface area contributed by atoms with Crippen molar-refractivity contribution in [1.82, 2.24) is 0 Å². The van der Waals surface area contributed by atoms with Gasteiger partial charge in [-0.1, -0.05) is 0 Å². The molecule has 0 amide bonds. The standard InChI is InChI=1S/C27H34O17/c28-12-1-9(2-13(29)20(12)34)25(39)42-7-18-23(37)24(38)19(8-41-18)43-27(11-5-16(32)22(36)17(33)6-11)44-26(40)10-3-14(30)21(35)15(31)4-10/h1-2,5-6,10,14-15,18-19,21,23-24,26-38,40H,3-4,7-8H2. The zero-order valence-electron chi connectivity index (χ0n) is 22.8. The highest BCUT2D eigenvalue weighted by atomic mass is 16.7. The molecular formula is C27H34O17. The third-order valence-corrected chi connectivity index (χ3v) is 7.48. The van der Waals surface area contributed by atoms with Gasteiger partial charge in [-0.3, -0.25) is 0 Å². The maximum atomic E-state index is 12.3. The van der Waals surface area contributed by atoms with E-state index in [9.17, 15) is 66.1 Å². The fraction of sp³-hybridized carbons (Fsp3) is 0.519. The molecule has 1 heterocycles. The SMILES string of the molecule is O=C(OCC1OCC(OC(OC(O)C2CC(O)C(O)C(O)C2)c2cc(O)c(O)c(O)c2)C(O)C1O)c1cc(O)c(O)c(O)c1. The Balaban J connectivity index is 1.45. The topological polar surface area (TPSA) is 297 Å². The third-order valence-electron chi connectivity index (χ3n) is 7.48. The molecule has 2 aliphatic rings. The molecule has 8 unspecified atom stereocenters. The maximum Gasteiger partial charge on any atom is 0.338 e. The zero-order valence-corrected chi connectivity index (χ0v) is 22.8. The van der Waals surface area contributed by atoms with Gasteiger partial charge in [-0.15, -0.1) is 0 Å². The summed E-state index contributed by atoms with van der Waals surface area (Å²) in [5.74, 6) is -6.87. The van der Waals surface area contributed by atoms with Crippen LogP contribution in [0.25, 0.3) is 0 Å². The molecule has 2 aromatic rings. The summed E-state index contributed by atoms with van der Waals surface area (Å²) in [6, 6.07) is 3.51. The minimum absolute atomic E-state index is 0.174. The van der Waals surface area contributed by atoms with Crippen LogP contribution in [0.4, 0.5) is 0 Å². The first kappa shape index (κ1) is 33.2. The summed E-state index contributed by atoms with van der Waals surface area (Å²) < 4.78 is 21.8. The largest absolute Gasteiger partial charge is 0.504 e. The van der Waals surface area contributed by atoms with E-state index in [1.807, 2.05) is 0 Å². The summed E-state index contributed by atoms with van der Waals surface area (Å²) in [7, 11) is 0. The maximum absolute atomic E-state index is 12.3. The van der Waals surface area contributed by atoms with Gasteiger partial charge in [-0.05, 0) is 37.1 Å². The molecule has 8 atom stereocenters. The van der Waals surface area contributed by atoms with Crippen LogP contribution in [0, 0.1) is 5.92 Å². The van der Waals surface area contributed by atoms with Gasteiger partial charge in [0.2, 0.25) is 0 Å². The number of benzene rings is 2. The predicted molar refractivity (Wildman–Crippen MR) is 140 cm³/mol. The molecule has 17 nitrogen and oxygen atoms in total. The monoisotopic (exact) mass is 630 g/mol. The van der Waals surface area contributed by atoms with Crippen LogP contribution in [0.5, 0.6) is 34.5 Å². The van der Waals surface area contributed by atoms with E-state index in [1.165, 1.54) is 0 Å². The lowest BCUT2D eigenvalue weighted by molar-refractivity contribution is -0.302. The zero-order chi connectivity index (χ0) is 32.5. The van der Waals surface area contributed by atoms with Gasteiger partial charge in [-0.25, -0.2) is 4.79 Å². The van der Waals surface area contributed by atoms with E-state index in [2.05, 4.69) is 0 Å². The van der Waals surface area contributed by atoms with Crippen LogP contribution in [0.3, 0.4) is 0 Å². The van der Waals surface area contributed by atoms with Crippen LogP contribution in [0.15, 0.2) is 24.3 Å². The molecule has 2 fully saturated rings. The molecule has 244 valence electrons. The van der Waals surface area contributed by atoms with E-state index in [4.69, 9.17) is 18.9 Å². The van der Waals surface area contributed by atoms with Crippen molar-refractivity contribution in [3.05, 3.63) is 35.4 Å². The van der Waals surface area contributed by atoms with Gasteiger partial charge < -0.3 is 80.2 Å². The lowest BCUT2D eigenvalue weighted by Crippen LogP contribution is -2.55. The Labute approximate surface area is 248 Å². The van der Waals surface area contributed by atoms with Crippen molar-refractivity contribution in [2.45, 2.75) is 68.1 Å². The van der Waals surface area contributed by atoms with Gasteiger partial charge in [0, 0.05) is 11.5 Å². The van der Waals surface area contributed by atoms with Crippen molar-refractivity contribution in [2.24, 2.45) is 5.92 Å². The van der Waals surface area contributed by atoms with E-state index in [1.54, 1.807) is 0 Å². The summed E-state index contributed by atoms with van der Waals surface area (Å²) in [5, 5.41) is 120. The summed E-state index contributed by atoms with van der Waals surface area (Å²) in [6.07, 6.45) is -14.2. The van der Waals surface area contributed by atoms with Gasteiger partial charge >= 0.3 is 5.97 Å². The Morgan fingerprint density at radius 3 is 1.86 bits per heavy atom. The van der Waals surface area contributed by atoms with Crippen molar-refractivity contribution in [1.29, 1.82) is 0 Å². The van der Waals surface area contributed by atoms with E-state index < -0.39 is 115 Å². The second-order valence-electron chi connectivity index (χ2n) is 10.6. The van der Waals surface area contributed by atoms with Crippen molar-refractivity contribution < 1.29 is 85.0 Å². The molecule has 4 rings (SSSR count). The quantitative estimate of drug-likeness (QED) is 0.0818. The minimum Gasteiger partial charge on any atom is -0.504 e. The Hall–Kier alpha value is -3.65. The molecule has 0 bridgehead atoms. The second kappa shape index (κ2) is 13.6.